The summed E-state index contributed by atoms with van der Waals surface area (Å²) in [5, 5.41) is 0.642. The van der Waals surface area contributed by atoms with Crippen molar-refractivity contribution in [1.29, 1.82) is 0 Å². The molecule has 0 bridgehead atoms. The lowest BCUT2D eigenvalue weighted by molar-refractivity contribution is -0.143. The molecule has 6 heteroatoms. The van der Waals surface area contributed by atoms with Crippen LogP contribution in [0.1, 0.15) is 58.3 Å². The second-order valence-electron chi connectivity index (χ2n) is 8.71. The van der Waals surface area contributed by atoms with Crippen LogP contribution >= 0.6 is 11.6 Å². The first kappa shape index (κ1) is 22.5. The maximum absolute atomic E-state index is 13.0. The van der Waals surface area contributed by atoms with Gasteiger partial charge in [-0.1, -0.05) is 29.8 Å². The first-order valence-corrected chi connectivity index (χ1v) is 12.0. The van der Waals surface area contributed by atoms with E-state index in [0.29, 0.717) is 36.8 Å². The zero-order valence-electron chi connectivity index (χ0n) is 19.1. The van der Waals surface area contributed by atoms with Crippen LogP contribution in [0.5, 0.6) is 5.75 Å². The second-order valence-corrected chi connectivity index (χ2v) is 9.14. The largest absolute Gasteiger partial charge is 0.489 e. The Bertz CT molecular complexity index is 1240. The van der Waals surface area contributed by atoms with Gasteiger partial charge in [0.25, 0.3) is 5.91 Å². The molecule has 1 aliphatic heterocycles. The van der Waals surface area contributed by atoms with E-state index in [9.17, 15) is 9.59 Å². The summed E-state index contributed by atoms with van der Waals surface area (Å²) in [6.45, 7) is 3.14. The fourth-order valence-corrected chi connectivity index (χ4v) is 5.05. The van der Waals surface area contributed by atoms with Gasteiger partial charge >= 0.3 is 5.97 Å². The minimum atomic E-state index is -0.138. The molecule has 3 aromatic rings. The Morgan fingerprint density at radius 3 is 2.74 bits per heavy atom. The minimum Gasteiger partial charge on any atom is -0.489 e. The number of hydrogen-bond acceptors (Lipinski definition) is 4. The Morgan fingerprint density at radius 1 is 1.12 bits per heavy atom. The van der Waals surface area contributed by atoms with E-state index in [1.165, 1.54) is 11.1 Å². The average Bonchev–Trinajstić information content (AvgIpc) is 3.39. The number of aryl methyl sites for hydroxylation is 1. The van der Waals surface area contributed by atoms with E-state index in [-0.39, 0.29) is 17.8 Å². The van der Waals surface area contributed by atoms with Gasteiger partial charge in [0.1, 0.15) is 12.4 Å². The van der Waals surface area contributed by atoms with Gasteiger partial charge in [-0.2, -0.15) is 0 Å². The van der Waals surface area contributed by atoms with Crippen LogP contribution < -0.4 is 9.64 Å². The fraction of sp³-hybridized carbons (Fsp3) is 0.286. The molecule has 5 nitrogen and oxygen atoms in total. The van der Waals surface area contributed by atoms with Crippen LogP contribution in [0.2, 0.25) is 5.02 Å². The third-order valence-electron chi connectivity index (χ3n) is 6.63. The summed E-state index contributed by atoms with van der Waals surface area (Å²) in [7, 11) is 0. The molecule has 1 atom stereocenters. The first-order chi connectivity index (χ1) is 16.5. The molecule has 0 spiro atoms. The van der Waals surface area contributed by atoms with Crippen LogP contribution in [0, 0.1) is 0 Å². The van der Waals surface area contributed by atoms with Crippen molar-refractivity contribution in [2.24, 2.45) is 0 Å². The van der Waals surface area contributed by atoms with Crippen molar-refractivity contribution >= 4 is 29.2 Å². The number of nitrogens with zero attached hydrogens (tertiary/aromatic N) is 1. The summed E-state index contributed by atoms with van der Waals surface area (Å²) in [4.78, 5) is 26.7. The Hall–Kier alpha value is -3.31. The molecule has 0 saturated carbocycles. The van der Waals surface area contributed by atoms with E-state index >= 15 is 0 Å². The van der Waals surface area contributed by atoms with E-state index < -0.39 is 0 Å². The van der Waals surface area contributed by atoms with Gasteiger partial charge in [0, 0.05) is 16.3 Å². The maximum Gasteiger partial charge on any atom is 0.306 e. The molecule has 174 valence electrons. The highest BCUT2D eigenvalue weighted by Gasteiger charge is 2.30. The van der Waals surface area contributed by atoms with Crippen molar-refractivity contribution < 1.29 is 19.1 Å². The summed E-state index contributed by atoms with van der Waals surface area (Å²) < 4.78 is 11.3. The molecule has 34 heavy (non-hydrogen) atoms. The van der Waals surface area contributed by atoms with Crippen LogP contribution in [0.3, 0.4) is 0 Å². The highest BCUT2D eigenvalue weighted by molar-refractivity contribution is 6.30. The third-order valence-corrected chi connectivity index (χ3v) is 6.88. The van der Waals surface area contributed by atoms with E-state index in [4.69, 9.17) is 21.1 Å². The number of ether oxygens (including phenoxy) is 2. The highest BCUT2D eigenvalue weighted by Crippen LogP contribution is 2.38. The van der Waals surface area contributed by atoms with Crippen LogP contribution in [0.4, 0.5) is 5.69 Å². The number of carbonyl (C=O) groups is 2. The number of hydrogen-bond donors (Lipinski definition) is 0. The molecular weight excluding hydrogens is 450 g/mol. The van der Waals surface area contributed by atoms with E-state index in [1.807, 2.05) is 43.3 Å². The Morgan fingerprint density at radius 2 is 1.94 bits per heavy atom. The zero-order valence-corrected chi connectivity index (χ0v) is 19.8. The predicted octanol–water partition coefficient (Wildman–Crippen LogP) is 6.06. The average molecular weight is 476 g/mol. The molecule has 0 saturated heterocycles. The van der Waals surface area contributed by atoms with Crippen molar-refractivity contribution in [3.63, 3.8) is 0 Å². The number of fused-ring (bicyclic) bond motifs is 2. The lowest BCUT2D eigenvalue weighted by Gasteiger charge is -2.16. The zero-order chi connectivity index (χ0) is 23.7. The Balaban J connectivity index is 1.28. The molecule has 1 amide bonds. The number of amides is 1. The van der Waals surface area contributed by atoms with Gasteiger partial charge in [0.05, 0.1) is 19.6 Å². The lowest BCUT2D eigenvalue weighted by Crippen LogP contribution is -2.22. The second kappa shape index (κ2) is 9.51. The summed E-state index contributed by atoms with van der Waals surface area (Å²) in [6.07, 6.45) is 2.31. The SMILES string of the molecule is CCOC(=O)CC1CCc2cc(OCc3cccc4c3CN(c3ccc(Cl)cc3)C4=O)ccc21. The maximum atomic E-state index is 13.0. The van der Waals surface area contributed by atoms with Crippen LogP contribution in [0.15, 0.2) is 60.7 Å². The molecule has 1 unspecified atom stereocenters. The van der Waals surface area contributed by atoms with Crippen molar-refractivity contribution in [3.05, 3.63) is 93.5 Å². The summed E-state index contributed by atoms with van der Waals surface area (Å²) >= 11 is 6.01. The number of benzene rings is 3. The highest BCUT2D eigenvalue weighted by atomic mass is 35.5. The first-order valence-electron chi connectivity index (χ1n) is 11.6. The molecule has 0 N–H and O–H groups in total. The quantitative estimate of drug-likeness (QED) is 0.389. The normalized spacial score (nSPS) is 16.4. The van der Waals surface area contributed by atoms with Gasteiger partial charge in [-0.3, -0.25) is 9.59 Å². The van der Waals surface area contributed by atoms with Crippen molar-refractivity contribution in [3.8, 4) is 5.75 Å². The molecular formula is C28H26ClNO4. The number of halogens is 1. The lowest BCUT2D eigenvalue weighted by atomic mass is 9.98. The fourth-order valence-electron chi connectivity index (χ4n) is 4.93. The van der Waals surface area contributed by atoms with Crippen molar-refractivity contribution in [2.75, 3.05) is 11.5 Å². The van der Waals surface area contributed by atoms with Crippen molar-refractivity contribution in [2.45, 2.75) is 45.3 Å². The van der Waals surface area contributed by atoms with E-state index in [1.54, 1.807) is 17.0 Å². The van der Waals surface area contributed by atoms with Crippen LogP contribution in [0.25, 0.3) is 0 Å². The molecule has 1 heterocycles. The molecule has 0 radical (unpaired) electrons. The van der Waals surface area contributed by atoms with Gasteiger partial charge in [-0.25, -0.2) is 0 Å². The minimum absolute atomic E-state index is 0.00987. The third kappa shape index (κ3) is 4.40. The summed E-state index contributed by atoms with van der Waals surface area (Å²) in [5.41, 5.74) is 5.99. The number of rotatable bonds is 7. The number of anilines is 1. The van der Waals surface area contributed by atoms with Crippen LogP contribution in [-0.2, 0) is 29.1 Å². The number of esters is 1. The van der Waals surface area contributed by atoms with Gasteiger partial charge in [-0.15, -0.1) is 0 Å². The molecule has 1 aliphatic carbocycles. The van der Waals surface area contributed by atoms with Gasteiger partial charge in [-0.05, 0) is 90.4 Å². The Labute approximate surface area is 204 Å². The van der Waals surface area contributed by atoms with Gasteiger partial charge in [0.15, 0.2) is 0 Å². The molecule has 3 aromatic carbocycles. The molecule has 0 fully saturated rings. The molecule has 0 aromatic heterocycles. The van der Waals surface area contributed by atoms with E-state index in [0.717, 1.165) is 35.4 Å². The monoisotopic (exact) mass is 475 g/mol. The summed E-state index contributed by atoms with van der Waals surface area (Å²) in [5.74, 6) is 0.863. The van der Waals surface area contributed by atoms with E-state index in [2.05, 4.69) is 12.1 Å². The molecule has 5 rings (SSSR count). The van der Waals surface area contributed by atoms with Crippen LogP contribution in [-0.4, -0.2) is 18.5 Å². The van der Waals surface area contributed by atoms with Crippen molar-refractivity contribution in [1.82, 2.24) is 0 Å². The number of carbonyl (C=O) groups excluding carboxylic acids is 2. The van der Waals surface area contributed by atoms with Gasteiger partial charge in [0.2, 0.25) is 0 Å². The Kier molecular flexibility index (Phi) is 6.29. The summed E-state index contributed by atoms with van der Waals surface area (Å²) in [6, 6.07) is 19.2. The topological polar surface area (TPSA) is 55.8 Å². The van der Waals surface area contributed by atoms with Gasteiger partial charge < -0.3 is 14.4 Å². The smallest absolute Gasteiger partial charge is 0.306 e. The predicted molar refractivity (Wildman–Crippen MR) is 131 cm³/mol. The molecule has 2 aliphatic rings. The standard InChI is InChI=1S/C28H26ClNO4/c1-2-33-27(31)15-19-7-6-18-14-23(12-13-24(18)19)34-17-20-4-3-5-25-26(20)16-30(28(25)32)22-10-8-21(29)9-11-22/h3-5,8-14,19H,2,6-7,15-17H2,1H3.